The molecule has 1 aromatic heterocycles. The fourth-order valence-electron chi connectivity index (χ4n) is 2.36. The number of rotatable bonds is 4. The molecule has 1 unspecified atom stereocenters. The van der Waals surface area contributed by atoms with Crippen molar-refractivity contribution >= 4 is 18.1 Å². The molecule has 9 heteroatoms. The molecule has 0 fully saturated rings. The van der Waals surface area contributed by atoms with Crippen LogP contribution in [0.3, 0.4) is 0 Å². The average molecular weight is 337 g/mol. The van der Waals surface area contributed by atoms with E-state index < -0.39 is 11.8 Å². The lowest BCUT2D eigenvalue weighted by molar-refractivity contribution is -0.274. The van der Waals surface area contributed by atoms with E-state index in [1.165, 1.54) is 18.3 Å². The molecule has 6 nitrogen and oxygen atoms in total. The Kier molecular flexibility index (Phi) is 3.92. The van der Waals surface area contributed by atoms with Crippen LogP contribution in [0.25, 0.3) is 5.57 Å². The summed E-state index contributed by atoms with van der Waals surface area (Å²) in [6.45, 7) is 0.122. The molecule has 0 N–H and O–H groups in total. The highest BCUT2D eigenvalue weighted by molar-refractivity contribution is 6.10. The second kappa shape index (κ2) is 5.91. The Bertz CT molecular complexity index is 783. The Labute approximate surface area is 133 Å². The molecule has 1 aromatic carbocycles. The fourth-order valence-corrected chi connectivity index (χ4v) is 2.36. The van der Waals surface area contributed by atoms with Crippen molar-refractivity contribution in [1.29, 1.82) is 0 Å². The Morgan fingerprint density at radius 2 is 2.00 bits per heavy atom. The number of alkyl halides is 3. The third-order valence-electron chi connectivity index (χ3n) is 3.45. The molecule has 0 aliphatic carbocycles. The highest BCUT2D eigenvalue weighted by Crippen LogP contribution is 2.32. The number of carbonyl (C=O) groups excluding carboxylic acids is 1. The van der Waals surface area contributed by atoms with Crippen LogP contribution in [0, 0.1) is 0 Å². The van der Waals surface area contributed by atoms with Crippen molar-refractivity contribution in [2.45, 2.75) is 11.8 Å². The maximum atomic E-state index is 12.2. The fraction of sp³-hybridized carbons (Fsp3) is 0.200. The summed E-state index contributed by atoms with van der Waals surface area (Å²) in [5, 5.41) is 3.68. The van der Waals surface area contributed by atoms with Gasteiger partial charge in [0.15, 0.2) is 0 Å². The van der Waals surface area contributed by atoms with Crippen molar-refractivity contribution in [3.8, 4) is 5.75 Å². The minimum atomic E-state index is -4.77. The van der Waals surface area contributed by atoms with Gasteiger partial charge < -0.3 is 14.1 Å². The zero-order valence-electron chi connectivity index (χ0n) is 12.0. The van der Waals surface area contributed by atoms with Crippen molar-refractivity contribution < 1.29 is 27.2 Å². The van der Waals surface area contributed by atoms with Crippen LogP contribution in [0.4, 0.5) is 13.2 Å². The summed E-state index contributed by atoms with van der Waals surface area (Å²) in [4.78, 5) is 19.7. The molecule has 0 saturated carbocycles. The largest absolute Gasteiger partial charge is 0.573 e. The molecule has 1 aliphatic heterocycles. The van der Waals surface area contributed by atoms with E-state index >= 15 is 0 Å². The van der Waals surface area contributed by atoms with Crippen LogP contribution < -0.4 is 4.74 Å². The summed E-state index contributed by atoms with van der Waals surface area (Å²) < 4.78 is 45.1. The molecule has 0 spiro atoms. The minimum Gasteiger partial charge on any atom is -0.406 e. The summed E-state index contributed by atoms with van der Waals surface area (Å²) in [7, 11) is 0. The van der Waals surface area contributed by atoms with Gasteiger partial charge in [0, 0.05) is 11.8 Å². The van der Waals surface area contributed by atoms with Gasteiger partial charge in [-0.05, 0) is 17.7 Å². The van der Waals surface area contributed by atoms with E-state index in [1.807, 2.05) is 0 Å². The lowest BCUT2D eigenvalue weighted by Gasteiger charge is -2.26. The zero-order chi connectivity index (χ0) is 17.2. The van der Waals surface area contributed by atoms with Gasteiger partial charge >= 0.3 is 6.36 Å². The summed E-state index contributed by atoms with van der Waals surface area (Å²) in [5.74, 6) is -0.101. The highest BCUT2D eigenvalue weighted by atomic mass is 19.4. The van der Waals surface area contributed by atoms with Gasteiger partial charge in [0.2, 0.25) is 12.2 Å². The predicted octanol–water partition coefficient (Wildman–Crippen LogP) is 2.57. The molecule has 124 valence electrons. The molecule has 0 amide bonds. The maximum absolute atomic E-state index is 12.2. The predicted molar refractivity (Wildman–Crippen MR) is 76.5 cm³/mol. The lowest BCUT2D eigenvalue weighted by Crippen LogP contribution is -2.32. The molecule has 1 aliphatic rings. The smallest absolute Gasteiger partial charge is 0.406 e. The normalized spacial score (nSPS) is 20.5. The lowest BCUT2D eigenvalue weighted by atomic mass is 9.79. The first-order valence-corrected chi connectivity index (χ1v) is 6.74. The Hall–Kier alpha value is -2.97. The highest BCUT2D eigenvalue weighted by Gasteiger charge is 2.34. The number of allylic oxidation sites excluding steroid dienone is 1. The van der Waals surface area contributed by atoms with Gasteiger partial charge in [0.25, 0.3) is 0 Å². The summed E-state index contributed by atoms with van der Waals surface area (Å²) >= 11 is 0. The van der Waals surface area contributed by atoms with Gasteiger partial charge in [0.05, 0.1) is 12.0 Å². The molecular weight excluding hydrogens is 327 g/mol. The number of hydrogen-bond donors (Lipinski definition) is 0. The van der Waals surface area contributed by atoms with Gasteiger partial charge in [-0.3, -0.25) is 4.99 Å². The first-order chi connectivity index (χ1) is 11.4. The number of nitrogens with zero attached hydrogens (tertiary/aromatic N) is 3. The molecule has 2 heterocycles. The standard InChI is InChI=1S/C15H10F3N3O3/c16-15(17,18)24-12-3-1-11(2-4-12)14(8-22)5-10(6-19-7-14)13-20-9-23-21-13/h1-6,8-9H,7H2. The van der Waals surface area contributed by atoms with E-state index in [-0.39, 0.29) is 18.1 Å². The van der Waals surface area contributed by atoms with Gasteiger partial charge in [-0.2, -0.15) is 4.98 Å². The number of aromatic nitrogens is 2. The Morgan fingerprint density at radius 3 is 2.58 bits per heavy atom. The Balaban J connectivity index is 1.93. The monoisotopic (exact) mass is 337 g/mol. The molecule has 3 rings (SSSR count). The van der Waals surface area contributed by atoms with E-state index in [0.29, 0.717) is 17.4 Å². The van der Waals surface area contributed by atoms with E-state index in [4.69, 9.17) is 0 Å². The first kappa shape index (κ1) is 15.9. The van der Waals surface area contributed by atoms with Crippen molar-refractivity contribution in [3.63, 3.8) is 0 Å². The second-order valence-electron chi connectivity index (χ2n) is 5.05. The van der Waals surface area contributed by atoms with Crippen LogP contribution in [0.5, 0.6) is 5.75 Å². The Morgan fingerprint density at radius 1 is 1.25 bits per heavy atom. The van der Waals surface area contributed by atoms with Crippen molar-refractivity contribution in [1.82, 2.24) is 10.1 Å². The van der Waals surface area contributed by atoms with Gasteiger partial charge in [0.1, 0.15) is 12.0 Å². The van der Waals surface area contributed by atoms with E-state index in [9.17, 15) is 18.0 Å². The van der Waals surface area contributed by atoms with Crippen LogP contribution in [0.2, 0.25) is 0 Å². The minimum absolute atomic E-state index is 0.122. The number of dihydropyridines is 1. The van der Waals surface area contributed by atoms with Gasteiger partial charge in [-0.15, -0.1) is 13.2 Å². The van der Waals surface area contributed by atoms with Crippen molar-refractivity contribution in [3.05, 3.63) is 48.1 Å². The van der Waals surface area contributed by atoms with Gasteiger partial charge in [-0.1, -0.05) is 23.4 Å². The van der Waals surface area contributed by atoms with Crippen LogP contribution in [-0.4, -0.2) is 35.5 Å². The number of halogens is 3. The molecule has 0 saturated heterocycles. The number of aliphatic imine (C=N–C) groups is 1. The van der Waals surface area contributed by atoms with Crippen LogP contribution in [0.15, 0.2) is 46.3 Å². The number of aldehydes is 1. The van der Waals surface area contributed by atoms with E-state index in [2.05, 4.69) is 24.4 Å². The van der Waals surface area contributed by atoms with E-state index in [1.54, 1.807) is 6.08 Å². The van der Waals surface area contributed by atoms with Crippen molar-refractivity contribution in [2.75, 3.05) is 6.54 Å². The third-order valence-corrected chi connectivity index (χ3v) is 3.45. The van der Waals surface area contributed by atoms with Crippen LogP contribution in [0.1, 0.15) is 11.4 Å². The molecule has 2 aromatic rings. The summed E-state index contributed by atoms with van der Waals surface area (Å²) in [6, 6.07) is 5.07. The molecular formula is C15H10F3N3O3. The molecule has 0 bridgehead atoms. The summed E-state index contributed by atoms with van der Waals surface area (Å²) in [6.07, 6.45) is 0.170. The quantitative estimate of drug-likeness (QED) is 0.802. The summed E-state index contributed by atoms with van der Waals surface area (Å²) in [5.41, 5.74) is -0.163. The SMILES string of the molecule is O=CC1(c2ccc(OC(F)(F)F)cc2)C=C(c2ncon2)C=NC1. The number of hydrogen-bond acceptors (Lipinski definition) is 6. The van der Waals surface area contributed by atoms with Crippen molar-refractivity contribution in [2.24, 2.45) is 4.99 Å². The average Bonchev–Trinajstić information content (AvgIpc) is 3.08. The van der Waals surface area contributed by atoms with E-state index in [0.717, 1.165) is 18.5 Å². The zero-order valence-corrected chi connectivity index (χ0v) is 12.0. The second-order valence-corrected chi connectivity index (χ2v) is 5.05. The number of benzene rings is 1. The van der Waals surface area contributed by atoms with Crippen LogP contribution >= 0.6 is 0 Å². The number of carbonyl (C=O) groups is 1. The first-order valence-electron chi connectivity index (χ1n) is 6.74. The molecule has 0 radical (unpaired) electrons. The topological polar surface area (TPSA) is 77.6 Å². The van der Waals surface area contributed by atoms with Gasteiger partial charge in [-0.25, -0.2) is 0 Å². The third kappa shape index (κ3) is 3.19. The maximum Gasteiger partial charge on any atom is 0.573 e. The molecule has 24 heavy (non-hydrogen) atoms. The molecule has 1 atom stereocenters. The number of ether oxygens (including phenoxy) is 1. The van der Waals surface area contributed by atoms with Crippen LogP contribution in [-0.2, 0) is 10.2 Å².